The fourth-order valence-electron chi connectivity index (χ4n) is 5.32. The molecular formula is C32H38O14. The van der Waals surface area contributed by atoms with Gasteiger partial charge in [0.15, 0.2) is 18.2 Å². The summed E-state index contributed by atoms with van der Waals surface area (Å²) in [4.78, 5) is 14.2. The van der Waals surface area contributed by atoms with Crippen LogP contribution in [0.2, 0.25) is 0 Å². The van der Waals surface area contributed by atoms with Gasteiger partial charge in [-0.25, -0.2) is 0 Å². The third kappa shape index (κ3) is 6.43. The SMILES string of the molecule is COc1ccc(-c2oc3c(CC=C(C)C)c(O)cc(O)c3c(=O)c2O[C@@H]2O[C@@H](C)[C@H](O)[C@@H](O)[C@H]2O[C@@H]2OC[C@@H](O)[C@H](O)[C@H]2O)cc1. The first-order chi connectivity index (χ1) is 21.8. The summed E-state index contributed by atoms with van der Waals surface area (Å²) >= 11 is 0. The first kappa shape index (κ1) is 33.6. The molecular weight excluding hydrogens is 608 g/mol. The predicted octanol–water partition coefficient (Wildman–Crippen LogP) is 1.06. The lowest BCUT2D eigenvalue weighted by molar-refractivity contribution is -0.341. The van der Waals surface area contributed by atoms with E-state index in [1.54, 1.807) is 24.3 Å². The Balaban J connectivity index is 1.65. The van der Waals surface area contributed by atoms with Crippen LogP contribution in [0.15, 0.2) is 51.2 Å². The Morgan fingerprint density at radius 2 is 1.65 bits per heavy atom. The first-order valence-corrected chi connectivity index (χ1v) is 14.6. The Morgan fingerprint density at radius 3 is 2.30 bits per heavy atom. The Kier molecular flexibility index (Phi) is 9.91. The van der Waals surface area contributed by atoms with Crippen LogP contribution in [-0.2, 0) is 20.6 Å². The molecule has 0 spiro atoms. The van der Waals surface area contributed by atoms with Crippen LogP contribution in [0.3, 0.4) is 0 Å². The third-order valence-electron chi connectivity index (χ3n) is 8.01. The van der Waals surface area contributed by atoms with Crippen molar-refractivity contribution in [3.63, 3.8) is 0 Å². The minimum absolute atomic E-state index is 0.0920. The van der Waals surface area contributed by atoms with Gasteiger partial charge in [0, 0.05) is 17.2 Å². The lowest BCUT2D eigenvalue weighted by Gasteiger charge is -2.44. The van der Waals surface area contributed by atoms with E-state index in [0.717, 1.165) is 11.6 Å². The van der Waals surface area contributed by atoms with E-state index in [2.05, 4.69) is 0 Å². The topological polar surface area (TPSA) is 218 Å². The van der Waals surface area contributed by atoms with Crippen molar-refractivity contribution < 1.29 is 63.8 Å². The predicted molar refractivity (Wildman–Crippen MR) is 161 cm³/mol. The van der Waals surface area contributed by atoms with Gasteiger partial charge in [0.2, 0.25) is 17.5 Å². The van der Waals surface area contributed by atoms with Crippen LogP contribution in [0.25, 0.3) is 22.3 Å². The maximum Gasteiger partial charge on any atom is 0.239 e. The van der Waals surface area contributed by atoms with Crippen molar-refractivity contribution in [3.05, 3.63) is 57.8 Å². The van der Waals surface area contributed by atoms with Gasteiger partial charge in [-0.3, -0.25) is 4.79 Å². The van der Waals surface area contributed by atoms with Crippen molar-refractivity contribution >= 4 is 11.0 Å². The summed E-state index contributed by atoms with van der Waals surface area (Å²) in [7, 11) is 1.48. The molecule has 0 amide bonds. The fourth-order valence-corrected chi connectivity index (χ4v) is 5.32. The molecule has 9 atom stereocenters. The molecule has 3 aromatic rings. The van der Waals surface area contributed by atoms with Gasteiger partial charge >= 0.3 is 0 Å². The largest absolute Gasteiger partial charge is 0.507 e. The molecule has 0 unspecified atom stereocenters. The van der Waals surface area contributed by atoms with Crippen molar-refractivity contribution in [3.8, 4) is 34.3 Å². The van der Waals surface area contributed by atoms with Crippen molar-refractivity contribution in [2.24, 2.45) is 0 Å². The number of rotatable bonds is 8. The van der Waals surface area contributed by atoms with Crippen molar-refractivity contribution in [2.75, 3.05) is 13.7 Å². The molecule has 0 saturated carbocycles. The molecule has 14 heteroatoms. The van der Waals surface area contributed by atoms with E-state index >= 15 is 0 Å². The number of benzene rings is 2. The number of methoxy groups -OCH3 is 1. The summed E-state index contributed by atoms with van der Waals surface area (Å²) in [5.41, 5.74) is 0.550. The van der Waals surface area contributed by atoms with Gasteiger partial charge in [0.05, 0.1) is 19.8 Å². The van der Waals surface area contributed by atoms with Gasteiger partial charge in [0.25, 0.3) is 0 Å². The summed E-state index contributed by atoms with van der Waals surface area (Å²) in [5, 5.41) is 73.3. The highest BCUT2D eigenvalue weighted by molar-refractivity contribution is 5.91. The zero-order valence-corrected chi connectivity index (χ0v) is 25.6. The van der Waals surface area contributed by atoms with E-state index < -0.39 is 78.8 Å². The molecule has 1 aromatic heterocycles. The highest BCUT2D eigenvalue weighted by Crippen LogP contribution is 2.40. The number of allylic oxidation sites excluding steroid dienone is 2. The highest BCUT2D eigenvalue weighted by Gasteiger charge is 2.49. The highest BCUT2D eigenvalue weighted by atomic mass is 16.8. The molecule has 2 aromatic carbocycles. The molecule has 3 heterocycles. The number of hydrogen-bond acceptors (Lipinski definition) is 14. The maximum absolute atomic E-state index is 14.2. The van der Waals surface area contributed by atoms with E-state index in [1.807, 2.05) is 19.9 Å². The number of phenolic OH excluding ortho intramolecular Hbond substituents is 2. The normalized spacial score (nSPS) is 29.8. The monoisotopic (exact) mass is 646 g/mol. The number of phenols is 2. The average molecular weight is 647 g/mol. The van der Waals surface area contributed by atoms with E-state index in [1.165, 1.54) is 14.0 Å². The second-order valence-corrected chi connectivity index (χ2v) is 11.6. The molecule has 250 valence electrons. The Hall–Kier alpha value is -3.73. The minimum atomic E-state index is -1.75. The molecule has 2 aliphatic heterocycles. The molecule has 0 aliphatic carbocycles. The molecule has 2 fully saturated rings. The second kappa shape index (κ2) is 13.6. The molecule has 7 N–H and O–H groups in total. The Labute approximate surface area is 263 Å². The lowest BCUT2D eigenvalue weighted by Crippen LogP contribution is -2.62. The Bertz CT molecular complexity index is 1630. The standard InChI is InChI=1S/C32H38O14/c1-13(2)5-10-17-18(33)11-19(34)21-24(38)29(27(44-28(17)21)15-6-8-16(41-4)9-7-15)45-32-30(25(39)22(36)14(3)43-32)46-31-26(40)23(37)20(35)12-42-31/h5-9,11,14,20,22-23,25-26,30-37,39-40H,10,12H2,1-4H3/t14-,20+,22-,23-,25+,26+,30+,31-,32-/m0/s1. The van der Waals surface area contributed by atoms with Crippen LogP contribution in [-0.4, -0.2) is 105 Å². The molecule has 2 aliphatic rings. The zero-order valence-electron chi connectivity index (χ0n) is 25.6. The van der Waals surface area contributed by atoms with Gasteiger partial charge in [0.1, 0.15) is 58.7 Å². The number of aliphatic hydroxyl groups is 5. The smallest absolute Gasteiger partial charge is 0.239 e. The van der Waals surface area contributed by atoms with E-state index in [4.69, 9.17) is 28.1 Å². The molecule has 2 saturated heterocycles. The maximum atomic E-state index is 14.2. The quantitative estimate of drug-likeness (QED) is 0.170. The van der Waals surface area contributed by atoms with E-state index in [9.17, 15) is 40.5 Å². The fraction of sp³-hybridized carbons (Fsp3) is 0.469. The van der Waals surface area contributed by atoms with Gasteiger partial charge in [-0.15, -0.1) is 0 Å². The molecule has 0 radical (unpaired) electrons. The molecule has 5 rings (SSSR count). The van der Waals surface area contributed by atoms with Gasteiger partial charge in [-0.05, 0) is 51.5 Å². The van der Waals surface area contributed by atoms with Gasteiger partial charge in [-0.2, -0.15) is 0 Å². The summed E-state index contributed by atoms with van der Waals surface area (Å²) < 4.78 is 34.5. The zero-order chi connectivity index (χ0) is 33.4. The van der Waals surface area contributed by atoms with E-state index in [-0.39, 0.29) is 34.5 Å². The first-order valence-electron chi connectivity index (χ1n) is 14.6. The van der Waals surface area contributed by atoms with Crippen LogP contribution in [0, 0.1) is 0 Å². The van der Waals surface area contributed by atoms with E-state index in [0.29, 0.717) is 11.3 Å². The second-order valence-electron chi connectivity index (χ2n) is 11.6. The number of hydrogen-bond donors (Lipinski definition) is 7. The van der Waals surface area contributed by atoms with Crippen LogP contribution >= 0.6 is 0 Å². The third-order valence-corrected chi connectivity index (χ3v) is 8.01. The number of fused-ring (bicyclic) bond motifs is 1. The molecule has 0 bridgehead atoms. The summed E-state index contributed by atoms with van der Waals surface area (Å²) in [5.74, 6) is -0.982. The van der Waals surface area contributed by atoms with Crippen molar-refractivity contribution in [1.82, 2.24) is 0 Å². The number of aromatic hydroxyl groups is 2. The minimum Gasteiger partial charge on any atom is -0.507 e. The number of aliphatic hydroxyl groups excluding tert-OH is 5. The van der Waals surface area contributed by atoms with Crippen LogP contribution in [0.1, 0.15) is 26.3 Å². The van der Waals surface area contributed by atoms with Gasteiger partial charge < -0.3 is 63.8 Å². The van der Waals surface area contributed by atoms with Crippen LogP contribution in [0.5, 0.6) is 23.0 Å². The van der Waals surface area contributed by atoms with Crippen LogP contribution in [0.4, 0.5) is 0 Å². The number of ether oxygens (including phenoxy) is 5. The molecule has 46 heavy (non-hydrogen) atoms. The molecule has 14 nitrogen and oxygen atoms in total. The lowest BCUT2D eigenvalue weighted by atomic mass is 9.99. The summed E-state index contributed by atoms with van der Waals surface area (Å²) in [6, 6.07) is 7.42. The average Bonchev–Trinajstić information content (AvgIpc) is 3.02. The summed E-state index contributed by atoms with van der Waals surface area (Å²) in [6.07, 6.45) is -11.9. The Morgan fingerprint density at radius 1 is 0.957 bits per heavy atom. The summed E-state index contributed by atoms with van der Waals surface area (Å²) in [6.45, 7) is 4.76. The van der Waals surface area contributed by atoms with Gasteiger partial charge in [-0.1, -0.05) is 11.6 Å². The van der Waals surface area contributed by atoms with Crippen molar-refractivity contribution in [1.29, 1.82) is 0 Å². The van der Waals surface area contributed by atoms with Crippen molar-refractivity contribution in [2.45, 2.75) is 82.5 Å². The van der Waals surface area contributed by atoms with Crippen LogP contribution < -0.4 is 14.9 Å².